The summed E-state index contributed by atoms with van der Waals surface area (Å²) in [6, 6.07) is 6.19. The van der Waals surface area contributed by atoms with Gasteiger partial charge in [0.1, 0.15) is 4.99 Å². The standard InChI is InChI=1S/C16H27N3S2/c1-6-21-13-9-7-8-12(14(13)15(17)20)18-10-16(2,3)11-19(4)5/h7-9,18H,6,10-11H2,1-5H3,(H2,17,20). The highest BCUT2D eigenvalue weighted by Crippen LogP contribution is 2.29. The summed E-state index contributed by atoms with van der Waals surface area (Å²) in [7, 11) is 4.20. The molecular weight excluding hydrogens is 298 g/mol. The van der Waals surface area contributed by atoms with Crippen molar-refractivity contribution in [3.63, 3.8) is 0 Å². The average Bonchev–Trinajstić information content (AvgIpc) is 2.35. The van der Waals surface area contributed by atoms with Gasteiger partial charge < -0.3 is 16.0 Å². The van der Waals surface area contributed by atoms with E-state index in [1.807, 2.05) is 0 Å². The number of nitrogens with one attached hydrogen (secondary N) is 1. The van der Waals surface area contributed by atoms with Crippen molar-refractivity contribution in [1.82, 2.24) is 4.90 Å². The van der Waals surface area contributed by atoms with Crippen molar-refractivity contribution in [3.8, 4) is 0 Å². The molecule has 0 aliphatic rings. The summed E-state index contributed by atoms with van der Waals surface area (Å²) < 4.78 is 0. The fraction of sp³-hybridized carbons (Fsp3) is 0.562. The van der Waals surface area contributed by atoms with Gasteiger partial charge in [-0.25, -0.2) is 0 Å². The Balaban J connectivity index is 2.93. The quantitative estimate of drug-likeness (QED) is 0.566. The van der Waals surface area contributed by atoms with E-state index in [2.05, 4.69) is 63.3 Å². The van der Waals surface area contributed by atoms with Crippen LogP contribution in [0.15, 0.2) is 23.1 Å². The van der Waals surface area contributed by atoms with Crippen LogP contribution in [0.2, 0.25) is 0 Å². The molecule has 0 bridgehead atoms. The van der Waals surface area contributed by atoms with Crippen molar-refractivity contribution in [1.29, 1.82) is 0 Å². The minimum atomic E-state index is 0.172. The van der Waals surface area contributed by atoms with Crippen molar-refractivity contribution in [2.24, 2.45) is 11.1 Å². The van der Waals surface area contributed by atoms with Gasteiger partial charge in [-0.1, -0.05) is 39.1 Å². The van der Waals surface area contributed by atoms with Gasteiger partial charge in [-0.3, -0.25) is 0 Å². The first-order valence-corrected chi connectivity index (χ1v) is 8.60. The van der Waals surface area contributed by atoms with Crippen LogP contribution in [-0.2, 0) is 0 Å². The van der Waals surface area contributed by atoms with Crippen molar-refractivity contribution in [2.45, 2.75) is 25.7 Å². The third kappa shape index (κ3) is 5.85. The highest BCUT2D eigenvalue weighted by molar-refractivity contribution is 7.99. The van der Waals surface area contributed by atoms with Crippen LogP contribution < -0.4 is 11.1 Å². The average molecular weight is 326 g/mol. The normalized spacial score (nSPS) is 11.7. The van der Waals surface area contributed by atoms with Gasteiger partial charge in [0.05, 0.1) is 0 Å². The minimum Gasteiger partial charge on any atom is -0.389 e. The topological polar surface area (TPSA) is 41.3 Å². The van der Waals surface area contributed by atoms with Gasteiger partial charge in [0.2, 0.25) is 0 Å². The van der Waals surface area contributed by atoms with Gasteiger partial charge in [-0.05, 0) is 37.4 Å². The van der Waals surface area contributed by atoms with Crippen LogP contribution >= 0.6 is 24.0 Å². The summed E-state index contributed by atoms with van der Waals surface area (Å²) in [4.78, 5) is 3.82. The van der Waals surface area contributed by atoms with Gasteiger partial charge in [-0.2, -0.15) is 0 Å². The van der Waals surface area contributed by atoms with E-state index in [0.29, 0.717) is 4.99 Å². The van der Waals surface area contributed by atoms with E-state index in [-0.39, 0.29) is 5.41 Å². The Morgan fingerprint density at radius 2 is 2.05 bits per heavy atom. The number of nitrogens with zero attached hydrogens (tertiary/aromatic N) is 1. The highest BCUT2D eigenvalue weighted by Gasteiger charge is 2.20. The Hall–Kier alpha value is -0.780. The fourth-order valence-electron chi connectivity index (χ4n) is 2.45. The largest absolute Gasteiger partial charge is 0.389 e. The van der Waals surface area contributed by atoms with Crippen LogP contribution in [0.3, 0.4) is 0 Å². The van der Waals surface area contributed by atoms with Gasteiger partial charge in [0.15, 0.2) is 0 Å². The maximum atomic E-state index is 5.94. The summed E-state index contributed by atoms with van der Waals surface area (Å²) >= 11 is 7.02. The van der Waals surface area contributed by atoms with Crippen LogP contribution in [0, 0.1) is 5.41 Å². The number of rotatable bonds is 8. The Kier molecular flexibility index (Phi) is 6.97. The second-order valence-electron chi connectivity index (χ2n) is 6.23. The number of thiocarbonyl (C=S) groups is 1. The van der Waals surface area contributed by atoms with E-state index in [1.165, 1.54) is 0 Å². The van der Waals surface area contributed by atoms with E-state index < -0.39 is 0 Å². The van der Waals surface area contributed by atoms with Crippen LogP contribution in [0.5, 0.6) is 0 Å². The van der Waals surface area contributed by atoms with Crippen molar-refractivity contribution < 1.29 is 0 Å². The first kappa shape index (κ1) is 18.3. The molecule has 0 unspecified atom stereocenters. The zero-order chi connectivity index (χ0) is 16.0. The van der Waals surface area contributed by atoms with Crippen molar-refractivity contribution >= 4 is 34.7 Å². The number of hydrogen-bond acceptors (Lipinski definition) is 4. The molecule has 5 heteroatoms. The fourth-order valence-corrected chi connectivity index (χ4v) is 3.59. The molecule has 0 aliphatic heterocycles. The molecule has 21 heavy (non-hydrogen) atoms. The molecule has 0 atom stereocenters. The molecule has 0 saturated carbocycles. The third-order valence-corrected chi connectivity index (χ3v) is 4.22. The Morgan fingerprint density at radius 1 is 1.38 bits per heavy atom. The second kappa shape index (κ2) is 8.01. The summed E-state index contributed by atoms with van der Waals surface area (Å²) in [5.74, 6) is 1.01. The molecule has 0 spiro atoms. The predicted octanol–water partition coefficient (Wildman–Crippen LogP) is 3.43. The molecule has 3 N–H and O–H groups in total. The van der Waals surface area contributed by atoms with Crippen molar-refractivity contribution in [3.05, 3.63) is 23.8 Å². The first-order chi connectivity index (χ1) is 9.76. The second-order valence-corrected chi connectivity index (χ2v) is 7.98. The maximum absolute atomic E-state index is 5.94. The predicted molar refractivity (Wildman–Crippen MR) is 99.6 cm³/mol. The zero-order valence-corrected chi connectivity index (χ0v) is 15.3. The SMILES string of the molecule is CCSc1cccc(NCC(C)(C)CN(C)C)c1C(N)=S. The number of nitrogens with two attached hydrogens (primary N) is 1. The Morgan fingerprint density at radius 3 is 2.57 bits per heavy atom. The van der Waals surface area contributed by atoms with Crippen LogP contribution in [0.4, 0.5) is 5.69 Å². The van der Waals surface area contributed by atoms with E-state index >= 15 is 0 Å². The lowest BCUT2D eigenvalue weighted by Crippen LogP contribution is -2.34. The van der Waals surface area contributed by atoms with Crippen LogP contribution in [-0.4, -0.2) is 42.8 Å². The molecule has 0 saturated heterocycles. The van der Waals surface area contributed by atoms with E-state index in [9.17, 15) is 0 Å². The van der Waals surface area contributed by atoms with E-state index in [4.69, 9.17) is 18.0 Å². The third-order valence-electron chi connectivity index (χ3n) is 3.07. The zero-order valence-electron chi connectivity index (χ0n) is 13.7. The molecule has 118 valence electrons. The number of benzene rings is 1. The van der Waals surface area contributed by atoms with Gasteiger partial charge in [-0.15, -0.1) is 11.8 Å². The van der Waals surface area contributed by atoms with Gasteiger partial charge >= 0.3 is 0 Å². The molecule has 1 aromatic carbocycles. The first-order valence-electron chi connectivity index (χ1n) is 7.21. The molecule has 0 heterocycles. The molecule has 0 amide bonds. The summed E-state index contributed by atoms with van der Waals surface area (Å²) in [5, 5.41) is 3.53. The van der Waals surface area contributed by atoms with Crippen molar-refractivity contribution in [2.75, 3.05) is 38.3 Å². The molecule has 1 rings (SSSR count). The Bertz CT molecular complexity index is 484. The lowest BCUT2D eigenvalue weighted by molar-refractivity contribution is 0.254. The number of thioether (sulfide) groups is 1. The summed E-state index contributed by atoms with van der Waals surface area (Å²) in [5.41, 5.74) is 8.11. The molecule has 1 aromatic rings. The van der Waals surface area contributed by atoms with Crippen LogP contribution in [0.25, 0.3) is 0 Å². The van der Waals surface area contributed by atoms with Crippen LogP contribution in [0.1, 0.15) is 26.3 Å². The number of anilines is 1. The summed E-state index contributed by atoms with van der Waals surface area (Å²) in [6.45, 7) is 8.54. The molecule has 0 aliphatic carbocycles. The van der Waals surface area contributed by atoms with Gasteiger partial charge in [0, 0.05) is 29.2 Å². The number of hydrogen-bond donors (Lipinski definition) is 2. The highest BCUT2D eigenvalue weighted by atomic mass is 32.2. The molecular formula is C16H27N3S2. The Labute approximate surface area is 138 Å². The van der Waals surface area contributed by atoms with E-state index in [1.54, 1.807) is 11.8 Å². The molecule has 0 fully saturated rings. The lowest BCUT2D eigenvalue weighted by Gasteiger charge is -2.29. The van der Waals surface area contributed by atoms with Gasteiger partial charge in [0.25, 0.3) is 0 Å². The smallest absolute Gasteiger partial charge is 0.107 e. The molecule has 0 radical (unpaired) electrons. The van der Waals surface area contributed by atoms with E-state index in [0.717, 1.165) is 35.0 Å². The maximum Gasteiger partial charge on any atom is 0.107 e. The molecule has 3 nitrogen and oxygen atoms in total. The summed E-state index contributed by atoms with van der Waals surface area (Å²) in [6.07, 6.45) is 0. The lowest BCUT2D eigenvalue weighted by atomic mass is 9.92. The minimum absolute atomic E-state index is 0.172. The monoisotopic (exact) mass is 325 g/mol. The molecule has 0 aromatic heterocycles.